The van der Waals surface area contributed by atoms with E-state index in [1.165, 1.54) is 13.0 Å². The number of hydrogen-bond donors (Lipinski definition) is 1. The second kappa shape index (κ2) is 4.29. The minimum atomic E-state index is -4.81. The van der Waals surface area contributed by atoms with Gasteiger partial charge in [-0.25, -0.2) is 4.39 Å². The first-order valence-corrected chi connectivity index (χ1v) is 4.48. The van der Waals surface area contributed by atoms with E-state index in [1.807, 2.05) is 0 Å². The highest BCUT2D eigenvalue weighted by atomic mass is 19.4. The molecule has 6 heteroatoms. The fourth-order valence-corrected chi connectivity index (χ4v) is 1.36. The van der Waals surface area contributed by atoms with Crippen LogP contribution >= 0.6 is 0 Å². The van der Waals surface area contributed by atoms with Crippen molar-refractivity contribution in [1.29, 1.82) is 0 Å². The number of alkyl halides is 3. The van der Waals surface area contributed by atoms with Crippen molar-refractivity contribution in [2.75, 3.05) is 7.11 Å². The maximum Gasteiger partial charge on any atom is 0.422 e. The summed E-state index contributed by atoms with van der Waals surface area (Å²) in [6.45, 7) is 1.41. The van der Waals surface area contributed by atoms with Crippen LogP contribution in [0.15, 0.2) is 12.1 Å². The SMILES string of the molecule is COc1ccc(C(C)N)c(F)c1C(F)(F)F. The van der Waals surface area contributed by atoms with Gasteiger partial charge >= 0.3 is 6.18 Å². The summed E-state index contributed by atoms with van der Waals surface area (Å²) in [7, 11) is 1.05. The van der Waals surface area contributed by atoms with Gasteiger partial charge in [0.2, 0.25) is 0 Å². The number of nitrogens with two attached hydrogens (primary N) is 1. The van der Waals surface area contributed by atoms with Crippen molar-refractivity contribution >= 4 is 0 Å². The largest absolute Gasteiger partial charge is 0.496 e. The van der Waals surface area contributed by atoms with Gasteiger partial charge in [0, 0.05) is 11.6 Å². The molecule has 0 fully saturated rings. The van der Waals surface area contributed by atoms with E-state index in [4.69, 9.17) is 5.73 Å². The highest BCUT2D eigenvalue weighted by Gasteiger charge is 2.39. The van der Waals surface area contributed by atoms with Crippen molar-refractivity contribution in [3.63, 3.8) is 0 Å². The average Bonchev–Trinajstić information content (AvgIpc) is 2.14. The zero-order chi connectivity index (χ0) is 12.5. The molecule has 0 saturated carbocycles. The smallest absolute Gasteiger partial charge is 0.422 e. The van der Waals surface area contributed by atoms with E-state index in [2.05, 4.69) is 4.74 Å². The molecule has 0 bridgehead atoms. The van der Waals surface area contributed by atoms with Crippen molar-refractivity contribution in [2.24, 2.45) is 5.73 Å². The van der Waals surface area contributed by atoms with E-state index in [0.717, 1.165) is 13.2 Å². The molecule has 0 aliphatic heterocycles. The Balaban J connectivity index is 3.47. The number of ether oxygens (including phenoxy) is 1. The molecule has 0 heterocycles. The molecular weight excluding hydrogens is 226 g/mol. The van der Waals surface area contributed by atoms with Crippen molar-refractivity contribution in [2.45, 2.75) is 19.1 Å². The minimum Gasteiger partial charge on any atom is -0.496 e. The van der Waals surface area contributed by atoms with Crippen molar-refractivity contribution in [3.8, 4) is 5.75 Å². The Morgan fingerprint density at radius 1 is 1.31 bits per heavy atom. The lowest BCUT2D eigenvalue weighted by Gasteiger charge is -2.16. The molecule has 0 radical (unpaired) electrons. The molecule has 1 rings (SSSR count). The van der Waals surface area contributed by atoms with Crippen LogP contribution in [0.1, 0.15) is 24.1 Å². The summed E-state index contributed by atoms with van der Waals surface area (Å²) in [4.78, 5) is 0. The summed E-state index contributed by atoms with van der Waals surface area (Å²) in [5.74, 6) is -1.92. The molecule has 1 aromatic carbocycles. The first-order valence-electron chi connectivity index (χ1n) is 4.48. The number of benzene rings is 1. The molecule has 0 aliphatic carbocycles. The Hall–Kier alpha value is -1.30. The number of rotatable bonds is 2. The van der Waals surface area contributed by atoms with Crippen LogP contribution in [0.4, 0.5) is 17.6 Å². The third kappa shape index (κ3) is 2.27. The molecule has 1 atom stereocenters. The van der Waals surface area contributed by atoms with Crippen LogP contribution in [0.2, 0.25) is 0 Å². The summed E-state index contributed by atoms with van der Waals surface area (Å²) in [6, 6.07) is 1.44. The molecule has 2 N–H and O–H groups in total. The predicted molar refractivity (Wildman–Crippen MR) is 50.6 cm³/mol. The lowest BCUT2D eigenvalue weighted by molar-refractivity contribution is -0.141. The molecule has 0 spiro atoms. The Labute approximate surface area is 90.0 Å². The third-order valence-corrected chi connectivity index (χ3v) is 2.13. The van der Waals surface area contributed by atoms with Gasteiger partial charge in [-0.15, -0.1) is 0 Å². The lowest BCUT2D eigenvalue weighted by atomic mass is 10.0. The molecule has 0 saturated heterocycles. The van der Waals surface area contributed by atoms with Gasteiger partial charge in [-0.05, 0) is 13.0 Å². The maximum absolute atomic E-state index is 13.6. The summed E-state index contributed by atoms with van der Waals surface area (Å²) >= 11 is 0. The van der Waals surface area contributed by atoms with Crippen molar-refractivity contribution < 1.29 is 22.3 Å². The van der Waals surface area contributed by atoms with E-state index in [-0.39, 0.29) is 5.56 Å². The van der Waals surface area contributed by atoms with E-state index < -0.39 is 29.3 Å². The van der Waals surface area contributed by atoms with E-state index in [1.54, 1.807) is 0 Å². The second-order valence-electron chi connectivity index (χ2n) is 3.33. The van der Waals surface area contributed by atoms with E-state index >= 15 is 0 Å². The van der Waals surface area contributed by atoms with Crippen LogP contribution in [0.5, 0.6) is 5.75 Å². The Bertz CT molecular complexity index is 387. The Morgan fingerprint density at radius 2 is 1.88 bits per heavy atom. The Kier molecular flexibility index (Phi) is 3.42. The standard InChI is InChI=1S/C10H11F4NO/c1-5(15)6-3-4-7(16-2)8(9(6)11)10(12,13)14/h3-5H,15H2,1-2H3. The molecule has 0 amide bonds. The van der Waals surface area contributed by atoms with Gasteiger partial charge in [0.25, 0.3) is 0 Å². The fourth-order valence-electron chi connectivity index (χ4n) is 1.36. The lowest BCUT2D eigenvalue weighted by Crippen LogP contribution is -2.15. The summed E-state index contributed by atoms with van der Waals surface area (Å²) in [6.07, 6.45) is -4.81. The van der Waals surface area contributed by atoms with Crippen LogP contribution in [0.25, 0.3) is 0 Å². The van der Waals surface area contributed by atoms with Gasteiger partial charge < -0.3 is 10.5 Å². The first kappa shape index (κ1) is 12.8. The quantitative estimate of drug-likeness (QED) is 0.803. The second-order valence-corrected chi connectivity index (χ2v) is 3.33. The van der Waals surface area contributed by atoms with Gasteiger partial charge in [0.1, 0.15) is 17.1 Å². The molecule has 16 heavy (non-hydrogen) atoms. The first-order chi connectivity index (χ1) is 7.29. The fraction of sp³-hybridized carbons (Fsp3) is 0.400. The Morgan fingerprint density at radius 3 is 2.25 bits per heavy atom. The minimum absolute atomic E-state index is 0.187. The van der Waals surface area contributed by atoms with Crippen LogP contribution in [0.3, 0.4) is 0 Å². The molecule has 2 nitrogen and oxygen atoms in total. The normalized spacial score (nSPS) is 13.7. The molecule has 1 unspecified atom stereocenters. The highest BCUT2D eigenvalue weighted by Crippen LogP contribution is 2.39. The zero-order valence-corrected chi connectivity index (χ0v) is 8.73. The summed E-state index contributed by atoms with van der Waals surface area (Å²) < 4.78 is 55.8. The topological polar surface area (TPSA) is 35.2 Å². The van der Waals surface area contributed by atoms with E-state index in [9.17, 15) is 17.6 Å². The van der Waals surface area contributed by atoms with Crippen molar-refractivity contribution in [1.82, 2.24) is 0 Å². The summed E-state index contributed by atoms with van der Waals surface area (Å²) in [5, 5.41) is 0. The number of methoxy groups -OCH3 is 1. The van der Waals surface area contributed by atoms with Crippen LogP contribution < -0.4 is 10.5 Å². The number of hydrogen-bond acceptors (Lipinski definition) is 2. The predicted octanol–water partition coefficient (Wildman–Crippen LogP) is 2.87. The van der Waals surface area contributed by atoms with Gasteiger partial charge in [0.15, 0.2) is 0 Å². The van der Waals surface area contributed by atoms with Gasteiger partial charge in [-0.2, -0.15) is 13.2 Å². The van der Waals surface area contributed by atoms with Crippen molar-refractivity contribution in [3.05, 3.63) is 29.1 Å². The average molecular weight is 237 g/mol. The maximum atomic E-state index is 13.6. The highest BCUT2D eigenvalue weighted by molar-refractivity contribution is 5.41. The van der Waals surface area contributed by atoms with Gasteiger partial charge in [0.05, 0.1) is 7.11 Å². The third-order valence-electron chi connectivity index (χ3n) is 2.13. The molecule has 90 valence electrons. The molecule has 0 aromatic heterocycles. The molecule has 1 aromatic rings. The monoisotopic (exact) mass is 237 g/mol. The van der Waals surface area contributed by atoms with Crippen LogP contribution in [-0.2, 0) is 6.18 Å². The van der Waals surface area contributed by atoms with Gasteiger partial charge in [-0.3, -0.25) is 0 Å². The summed E-state index contributed by atoms with van der Waals surface area (Å²) in [5.41, 5.74) is 3.77. The molecule has 0 aliphatic rings. The number of halogens is 4. The van der Waals surface area contributed by atoms with E-state index in [0.29, 0.717) is 0 Å². The van der Waals surface area contributed by atoms with Gasteiger partial charge in [-0.1, -0.05) is 6.07 Å². The zero-order valence-electron chi connectivity index (χ0n) is 8.73. The molecular formula is C10H11F4NO. The van der Waals surface area contributed by atoms with Crippen LogP contribution in [-0.4, -0.2) is 7.11 Å². The van der Waals surface area contributed by atoms with Crippen LogP contribution in [0, 0.1) is 5.82 Å².